The van der Waals surface area contributed by atoms with Crippen molar-refractivity contribution >= 4 is 28.1 Å². The lowest BCUT2D eigenvalue weighted by molar-refractivity contribution is -0.137. The average molecular weight is 370 g/mol. The van der Waals surface area contributed by atoms with Crippen molar-refractivity contribution in [3.05, 3.63) is 46.7 Å². The van der Waals surface area contributed by atoms with E-state index in [2.05, 4.69) is 10.1 Å². The third-order valence-electron chi connectivity index (χ3n) is 3.82. The van der Waals surface area contributed by atoms with Gasteiger partial charge in [-0.2, -0.15) is 18.3 Å². The van der Waals surface area contributed by atoms with Gasteiger partial charge < -0.3 is 5.11 Å². The average Bonchev–Trinajstić information content (AvgIpc) is 3.10. The van der Waals surface area contributed by atoms with Crippen molar-refractivity contribution < 1.29 is 23.1 Å². The van der Waals surface area contributed by atoms with Gasteiger partial charge in [0.15, 0.2) is 0 Å². The van der Waals surface area contributed by atoms with Crippen LogP contribution in [-0.2, 0) is 6.18 Å². The lowest BCUT2D eigenvalue weighted by Crippen LogP contribution is -2.32. The van der Waals surface area contributed by atoms with Crippen molar-refractivity contribution in [1.82, 2.24) is 14.6 Å². The highest BCUT2D eigenvalue weighted by atomic mass is 32.1. The highest BCUT2D eigenvalue weighted by Gasteiger charge is 2.33. The highest BCUT2D eigenvalue weighted by Crippen LogP contribution is 2.36. The van der Waals surface area contributed by atoms with Crippen molar-refractivity contribution in [2.24, 2.45) is 0 Å². The van der Waals surface area contributed by atoms with Crippen LogP contribution in [0.5, 0.6) is 0 Å². The molecule has 3 aromatic rings. The summed E-state index contributed by atoms with van der Waals surface area (Å²) in [4.78, 5) is 18.0. The summed E-state index contributed by atoms with van der Waals surface area (Å²) in [5, 5.41) is 13.6. The van der Waals surface area contributed by atoms with Crippen LogP contribution in [0.2, 0.25) is 0 Å². The molecule has 0 aliphatic carbocycles. The minimum Gasteiger partial charge on any atom is -0.465 e. The Morgan fingerprint density at radius 3 is 2.72 bits per heavy atom. The Hall–Kier alpha value is -2.62. The third kappa shape index (κ3) is 3.04. The van der Waals surface area contributed by atoms with E-state index < -0.39 is 23.9 Å². The molecular weight excluding hydrogens is 357 g/mol. The number of halogens is 3. The van der Waals surface area contributed by atoms with E-state index >= 15 is 0 Å². The quantitative estimate of drug-likeness (QED) is 0.743. The first-order chi connectivity index (χ1) is 11.7. The standard InChI is InChI=1S/C15H13F3N4O2S/c1-8(12-9(2)22-13(25-12)19-7-20-22)21(14(23)24)11-5-3-4-10(6-11)15(16,17)18/h3-8H,1-2H3,(H,23,24). The second-order valence-corrected chi connectivity index (χ2v) is 6.39. The second-order valence-electron chi connectivity index (χ2n) is 5.38. The smallest absolute Gasteiger partial charge is 0.416 e. The molecule has 0 aliphatic heterocycles. The number of anilines is 1. The number of fused-ring (bicyclic) bond motifs is 1. The van der Waals surface area contributed by atoms with Gasteiger partial charge in [-0.15, -0.1) is 0 Å². The molecular formula is C15H13F3N4O2S. The van der Waals surface area contributed by atoms with Gasteiger partial charge in [-0.05, 0) is 32.0 Å². The molecule has 1 aromatic carbocycles. The van der Waals surface area contributed by atoms with Crippen molar-refractivity contribution in [3.63, 3.8) is 0 Å². The molecule has 0 bridgehead atoms. The molecule has 0 saturated heterocycles. The predicted octanol–water partition coefficient (Wildman–Crippen LogP) is 4.36. The number of aryl methyl sites for hydroxylation is 1. The summed E-state index contributed by atoms with van der Waals surface area (Å²) in [5.41, 5.74) is -0.251. The summed E-state index contributed by atoms with van der Waals surface area (Å²) in [6, 6.07) is 3.57. The van der Waals surface area contributed by atoms with Crippen LogP contribution in [0.3, 0.4) is 0 Å². The number of alkyl halides is 3. The van der Waals surface area contributed by atoms with Crippen LogP contribution in [0.25, 0.3) is 4.96 Å². The number of hydrogen-bond acceptors (Lipinski definition) is 4. The van der Waals surface area contributed by atoms with Gasteiger partial charge in [0.1, 0.15) is 6.33 Å². The Balaban J connectivity index is 2.05. The first-order valence-corrected chi connectivity index (χ1v) is 8.00. The number of carboxylic acid groups (broad SMARTS) is 1. The van der Waals surface area contributed by atoms with Gasteiger partial charge in [0.25, 0.3) is 0 Å². The SMILES string of the molecule is Cc1c(C(C)N(C(=O)O)c2cccc(C(F)(F)F)c2)sc2ncnn12. The summed E-state index contributed by atoms with van der Waals surface area (Å²) >= 11 is 1.25. The third-order valence-corrected chi connectivity index (χ3v) is 5.13. The lowest BCUT2D eigenvalue weighted by Gasteiger charge is -2.26. The van der Waals surface area contributed by atoms with Crippen molar-refractivity contribution in [2.45, 2.75) is 26.1 Å². The largest absolute Gasteiger partial charge is 0.465 e. The van der Waals surface area contributed by atoms with E-state index in [0.29, 0.717) is 15.5 Å². The molecule has 0 fully saturated rings. The Morgan fingerprint density at radius 1 is 1.40 bits per heavy atom. The van der Waals surface area contributed by atoms with Gasteiger partial charge in [0.05, 0.1) is 22.2 Å². The maximum atomic E-state index is 12.9. The molecule has 3 rings (SSSR count). The topological polar surface area (TPSA) is 70.7 Å². The van der Waals surface area contributed by atoms with Crippen LogP contribution in [0.1, 0.15) is 29.1 Å². The van der Waals surface area contributed by atoms with Gasteiger partial charge in [0.2, 0.25) is 4.96 Å². The van der Waals surface area contributed by atoms with Gasteiger partial charge in [-0.1, -0.05) is 17.4 Å². The van der Waals surface area contributed by atoms with Crippen LogP contribution in [0, 0.1) is 6.92 Å². The summed E-state index contributed by atoms with van der Waals surface area (Å²) in [5.74, 6) is 0. The van der Waals surface area contributed by atoms with Gasteiger partial charge in [-0.3, -0.25) is 4.90 Å². The van der Waals surface area contributed by atoms with Crippen LogP contribution < -0.4 is 4.90 Å². The maximum Gasteiger partial charge on any atom is 0.416 e. The highest BCUT2D eigenvalue weighted by molar-refractivity contribution is 7.17. The van der Waals surface area contributed by atoms with Crippen LogP contribution in [0.15, 0.2) is 30.6 Å². The molecule has 0 aliphatic rings. The van der Waals surface area contributed by atoms with E-state index in [4.69, 9.17) is 0 Å². The maximum absolute atomic E-state index is 12.9. The molecule has 10 heteroatoms. The fraction of sp³-hybridized carbons (Fsp3) is 0.267. The van der Waals surface area contributed by atoms with E-state index in [1.165, 1.54) is 29.8 Å². The number of amides is 1. The molecule has 0 spiro atoms. The minimum absolute atomic E-state index is 0.0479. The molecule has 1 atom stereocenters. The Labute approximate surface area is 144 Å². The number of nitrogens with zero attached hydrogens (tertiary/aromatic N) is 4. The first-order valence-electron chi connectivity index (χ1n) is 7.18. The molecule has 1 N–H and O–H groups in total. The zero-order chi connectivity index (χ0) is 18.4. The molecule has 2 aromatic heterocycles. The fourth-order valence-electron chi connectivity index (χ4n) is 2.64. The Bertz CT molecular complexity index is 934. The van der Waals surface area contributed by atoms with Gasteiger partial charge in [0, 0.05) is 5.69 Å². The molecule has 6 nitrogen and oxygen atoms in total. The number of carbonyl (C=O) groups is 1. The summed E-state index contributed by atoms with van der Waals surface area (Å²) in [6.07, 6.45) is -4.51. The Kier molecular flexibility index (Phi) is 4.15. The van der Waals surface area contributed by atoms with Gasteiger partial charge in [-0.25, -0.2) is 14.3 Å². The number of aromatic nitrogens is 3. The molecule has 1 unspecified atom stereocenters. The van der Waals surface area contributed by atoms with Crippen molar-refractivity contribution in [3.8, 4) is 0 Å². The monoisotopic (exact) mass is 370 g/mol. The number of hydrogen-bond donors (Lipinski definition) is 1. The normalized spacial score (nSPS) is 13.2. The van der Waals surface area contributed by atoms with Crippen molar-refractivity contribution in [1.29, 1.82) is 0 Å². The number of rotatable bonds is 3. The summed E-state index contributed by atoms with van der Waals surface area (Å²) in [6.45, 7) is 3.38. The minimum atomic E-state index is -4.55. The molecule has 2 heterocycles. The molecule has 25 heavy (non-hydrogen) atoms. The molecule has 0 saturated carbocycles. The van der Waals surface area contributed by atoms with Gasteiger partial charge >= 0.3 is 12.3 Å². The fourth-order valence-corrected chi connectivity index (χ4v) is 3.72. The summed E-state index contributed by atoms with van der Waals surface area (Å²) < 4.78 is 40.4. The molecule has 0 radical (unpaired) electrons. The van der Waals surface area contributed by atoms with E-state index in [-0.39, 0.29) is 5.69 Å². The predicted molar refractivity (Wildman–Crippen MR) is 86.0 cm³/mol. The second kappa shape index (κ2) is 6.03. The number of benzene rings is 1. The van der Waals surface area contributed by atoms with Crippen molar-refractivity contribution in [2.75, 3.05) is 4.90 Å². The van der Waals surface area contributed by atoms with Crippen LogP contribution in [-0.4, -0.2) is 25.8 Å². The van der Waals surface area contributed by atoms with E-state index in [9.17, 15) is 23.1 Å². The summed E-state index contributed by atoms with van der Waals surface area (Å²) in [7, 11) is 0. The van der Waals surface area contributed by atoms with E-state index in [1.54, 1.807) is 18.4 Å². The van der Waals surface area contributed by atoms with Crippen LogP contribution in [0.4, 0.5) is 23.7 Å². The zero-order valence-electron chi connectivity index (χ0n) is 13.2. The first kappa shape index (κ1) is 17.2. The van der Waals surface area contributed by atoms with E-state index in [1.807, 2.05) is 0 Å². The lowest BCUT2D eigenvalue weighted by atomic mass is 10.1. The molecule has 132 valence electrons. The Morgan fingerprint density at radius 2 is 2.12 bits per heavy atom. The number of thiazole rings is 1. The zero-order valence-corrected chi connectivity index (χ0v) is 14.0. The molecule has 1 amide bonds. The van der Waals surface area contributed by atoms with Crippen LogP contribution >= 0.6 is 11.3 Å². The van der Waals surface area contributed by atoms with E-state index in [0.717, 1.165) is 17.0 Å².